The van der Waals surface area contributed by atoms with Crippen molar-refractivity contribution >= 4 is 5.69 Å². The first kappa shape index (κ1) is 11.2. The number of hydrogen-bond acceptors (Lipinski definition) is 3. The molecule has 0 fully saturated rings. The van der Waals surface area contributed by atoms with Crippen LogP contribution in [0.1, 0.15) is 22.5 Å². The summed E-state index contributed by atoms with van der Waals surface area (Å²) in [6.07, 6.45) is 0. The Labute approximate surface area is 107 Å². The maximum Gasteiger partial charge on any atom is 0.0547 e. The quantitative estimate of drug-likeness (QED) is 0.819. The predicted molar refractivity (Wildman–Crippen MR) is 72.8 cm³/mol. The second kappa shape index (κ2) is 4.42. The molecule has 0 amide bonds. The van der Waals surface area contributed by atoms with Gasteiger partial charge in [-0.2, -0.15) is 0 Å². The number of nitrogen functional groups attached to an aromatic ring is 1. The molecule has 2 aromatic rings. The molecule has 3 heteroatoms. The van der Waals surface area contributed by atoms with Crippen LogP contribution in [0.4, 0.5) is 5.69 Å². The van der Waals surface area contributed by atoms with Crippen LogP contribution in [0.3, 0.4) is 0 Å². The molecule has 2 heterocycles. The number of nitrogens with two attached hydrogens (primary N) is 1. The van der Waals surface area contributed by atoms with Crippen molar-refractivity contribution < 1.29 is 0 Å². The average molecular weight is 239 g/mol. The molecule has 0 bridgehead atoms. The van der Waals surface area contributed by atoms with Crippen LogP contribution < -0.4 is 5.73 Å². The van der Waals surface area contributed by atoms with E-state index in [1.54, 1.807) is 0 Å². The molecule has 0 aliphatic carbocycles. The van der Waals surface area contributed by atoms with E-state index in [0.717, 1.165) is 36.7 Å². The number of pyridine rings is 1. The van der Waals surface area contributed by atoms with Gasteiger partial charge in [-0.05, 0) is 42.3 Å². The van der Waals surface area contributed by atoms with Gasteiger partial charge in [0.2, 0.25) is 0 Å². The highest BCUT2D eigenvalue weighted by atomic mass is 15.1. The van der Waals surface area contributed by atoms with Crippen molar-refractivity contribution in [3.8, 4) is 0 Å². The maximum atomic E-state index is 5.82. The van der Waals surface area contributed by atoms with Crippen LogP contribution in [-0.4, -0.2) is 9.88 Å². The van der Waals surface area contributed by atoms with Crippen LogP contribution in [0.2, 0.25) is 0 Å². The van der Waals surface area contributed by atoms with E-state index in [0.29, 0.717) is 0 Å². The second-order valence-electron chi connectivity index (χ2n) is 4.94. The molecule has 0 atom stereocenters. The Hall–Kier alpha value is -1.87. The summed E-state index contributed by atoms with van der Waals surface area (Å²) < 4.78 is 0. The van der Waals surface area contributed by atoms with E-state index >= 15 is 0 Å². The Balaban J connectivity index is 1.74. The predicted octanol–water partition coefficient (Wildman–Crippen LogP) is 2.49. The lowest BCUT2D eigenvalue weighted by Crippen LogP contribution is -2.16. The lowest BCUT2D eigenvalue weighted by atomic mass is 10.1. The first-order valence-corrected chi connectivity index (χ1v) is 6.23. The highest BCUT2D eigenvalue weighted by Crippen LogP contribution is 2.25. The summed E-state index contributed by atoms with van der Waals surface area (Å²) in [5.74, 6) is 0. The smallest absolute Gasteiger partial charge is 0.0547 e. The average Bonchev–Trinajstić information content (AvgIpc) is 2.70. The van der Waals surface area contributed by atoms with Crippen molar-refractivity contribution in [1.82, 2.24) is 9.88 Å². The monoisotopic (exact) mass is 239 g/mol. The largest absolute Gasteiger partial charge is 0.399 e. The summed E-state index contributed by atoms with van der Waals surface area (Å²) in [6, 6.07) is 12.4. The van der Waals surface area contributed by atoms with Crippen LogP contribution in [0.5, 0.6) is 0 Å². The van der Waals surface area contributed by atoms with Crippen molar-refractivity contribution in [1.29, 1.82) is 0 Å². The van der Waals surface area contributed by atoms with E-state index in [4.69, 9.17) is 5.73 Å². The number of hydrogen-bond donors (Lipinski definition) is 1. The molecular formula is C15H17N3. The Bertz CT molecular complexity index is 578. The SMILES string of the molecule is Cc1cccc(CN2Cc3ccc(N)cc3C2)n1. The third-order valence-corrected chi connectivity index (χ3v) is 3.35. The fourth-order valence-electron chi connectivity index (χ4n) is 2.51. The van der Waals surface area contributed by atoms with Gasteiger partial charge < -0.3 is 5.73 Å². The van der Waals surface area contributed by atoms with Gasteiger partial charge in [0, 0.05) is 31.0 Å². The Kier molecular flexibility index (Phi) is 2.76. The zero-order chi connectivity index (χ0) is 12.5. The first-order valence-electron chi connectivity index (χ1n) is 6.23. The topological polar surface area (TPSA) is 42.1 Å². The first-order chi connectivity index (χ1) is 8.70. The fourth-order valence-corrected chi connectivity index (χ4v) is 2.51. The van der Waals surface area contributed by atoms with E-state index < -0.39 is 0 Å². The number of aryl methyl sites for hydroxylation is 1. The summed E-state index contributed by atoms with van der Waals surface area (Å²) in [7, 11) is 0. The highest BCUT2D eigenvalue weighted by molar-refractivity contribution is 5.46. The molecule has 0 unspecified atom stereocenters. The zero-order valence-corrected chi connectivity index (χ0v) is 10.6. The molecule has 1 aliphatic rings. The maximum absolute atomic E-state index is 5.82. The molecular weight excluding hydrogens is 222 g/mol. The molecule has 0 radical (unpaired) electrons. The summed E-state index contributed by atoms with van der Waals surface area (Å²) >= 11 is 0. The van der Waals surface area contributed by atoms with Gasteiger partial charge in [0.05, 0.1) is 5.69 Å². The van der Waals surface area contributed by atoms with E-state index in [1.807, 2.05) is 19.1 Å². The molecule has 2 N–H and O–H groups in total. The van der Waals surface area contributed by atoms with Gasteiger partial charge >= 0.3 is 0 Å². The van der Waals surface area contributed by atoms with E-state index in [2.05, 4.69) is 34.1 Å². The summed E-state index contributed by atoms with van der Waals surface area (Å²) in [4.78, 5) is 6.95. The lowest BCUT2D eigenvalue weighted by Gasteiger charge is -2.14. The molecule has 92 valence electrons. The van der Waals surface area contributed by atoms with Gasteiger partial charge in [-0.15, -0.1) is 0 Å². The molecule has 3 nitrogen and oxygen atoms in total. The minimum absolute atomic E-state index is 0.851. The lowest BCUT2D eigenvalue weighted by molar-refractivity contribution is 0.272. The number of aromatic nitrogens is 1. The Morgan fingerprint density at radius 3 is 2.83 bits per heavy atom. The van der Waals surface area contributed by atoms with Crippen molar-refractivity contribution in [2.75, 3.05) is 5.73 Å². The van der Waals surface area contributed by atoms with Gasteiger partial charge in [-0.3, -0.25) is 9.88 Å². The van der Waals surface area contributed by atoms with E-state index in [-0.39, 0.29) is 0 Å². The van der Waals surface area contributed by atoms with Crippen molar-refractivity contribution in [2.45, 2.75) is 26.6 Å². The van der Waals surface area contributed by atoms with Crippen LogP contribution in [0.25, 0.3) is 0 Å². The molecule has 0 saturated carbocycles. The molecule has 1 aromatic carbocycles. The molecule has 0 spiro atoms. The van der Waals surface area contributed by atoms with Crippen LogP contribution in [0.15, 0.2) is 36.4 Å². The number of benzene rings is 1. The number of nitrogens with zero attached hydrogens (tertiary/aromatic N) is 2. The van der Waals surface area contributed by atoms with Crippen LogP contribution in [-0.2, 0) is 19.6 Å². The molecule has 18 heavy (non-hydrogen) atoms. The van der Waals surface area contributed by atoms with Crippen molar-refractivity contribution in [3.63, 3.8) is 0 Å². The van der Waals surface area contributed by atoms with Gasteiger partial charge in [0.25, 0.3) is 0 Å². The zero-order valence-electron chi connectivity index (χ0n) is 10.6. The second-order valence-corrected chi connectivity index (χ2v) is 4.94. The number of fused-ring (bicyclic) bond motifs is 1. The Morgan fingerprint density at radius 1 is 1.17 bits per heavy atom. The van der Waals surface area contributed by atoms with Gasteiger partial charge in [-0.1, -0.05) is 12.1 Å². The number of rotatable bonds is 2. The van der Waals surface area contributed by atoms with Crippen LogP contribution in [0, 0.1) is 6.92 Å². The standard InChI is InChI=1S/C15H17N3/c1-11-3-2-4-15(17-11)10-18-8-12-5-6-14(16)7-13(12)9-18/h2-7H,8-10,16H2,1H3. The fraction of sp³-hybridized carbons (Fsp3) is 0.267. The van der Waals surface area contributed by atoms with Gasteiger partial charge in [0.15, 0.2) is 0 Å². The Morgan fingerprint density at radius 2 is 2.00 bits per heavy atom. The minimum atomic E-state index is 0.851. The van der Waals surface area contributed by atoms with Crippen molar-refractivity contribution in [2.24, 2.45) is 0 Å². The minimum Gasteiger partial charge on any atom is -0.399 e. The van der Waals surface area contributed by atoms with E-state index in [9.17, 15) is 0 Å². The summed E-state index contributed by atoms with van der Waals surface area (Å²) in [5, 5.41) is 0. The normalized spacial score (nSPS) is 14.7. The third kappa shape index (κ3) is 2.22. The van der Waals surface area contributed by atoms with Gasteiger partial charge in [0.1, 0.15) is 0 Å². The van der Waals surface area contributed by atoms with E-state index in [1.165, 1.54) is 11.1 Å². The van der Waals surface area contributed by atoms with Gasteiger partial charge in [-0.25, -0.2) is 0 Å². The summed E-state index contributed by atoms with van der Waals surface area (Å²) in [5.41, 5.74) is 11.6. The highest BCUT2D eigenvalue weighted by Gasteiger charge is 2.19. The number of anilines is 1. The molecule has 0 saturated heterocycles. The molecule has 3 rings (SSSR count). The van der Waals surface area contributed by atoms with Crippen molar-refractivity contribution in [3.05, 3.63) is 58.9 Å². The third-order valence-electron chi connectivity index (χ3n) is 3.35. The van der Waals surface area contributed by atoms with Crippen LogP contribution >= 0.6 is 0 Å². The summed E-state index contributed by atoms with van der Waals surface area (Å²) in [6.45, 7) is 4.89. The molecule has 1 aliphatic heterocycles. The molecule has 1 aromatic heterocycles.